The highest BCUT2D eigenvalue weighted by molar-refractivity contribution is 7.86. The molecule has 9 heteroatoms. The van der Waals surface area contributed by atoms with Crippen molar-refractivity contribution in [2.24, 2.45) is 4.40 Å². The summed E-state index contributed by atoms with van der Waals surface area (Å²) in [6.45, 7) is 0. The maximum absolute atomic E-state index is 11.9. The number of para-hydroxylation sites is 1. The Labute approximate surface area is 126 Å². The first-order chi connectivity index (χ1) is 10.4. The van der Waals surface area contributed by atoms with Crippen LogP contribution in [0, 0.1) is 0 Å². The summed E-state index contributed by atoms with van der Waals surface area (Å²) >= 11 is 0. The van der Waals surface area contributed by atoms with E-state index in [9.17, 15) is 18.0 Å². The summed E-state index contributed by atoms with van der Waals surface area (Å²) < 4.78 is 40.8. The number of fused-ring (bicyclic) bond motifs is 1. The van der Waals surface area contributed by atoms with Gasteiger partial charge in [0.1, 0.15) is 0 Å². The topological polar surface area (TPSA) is 108 Å². The van der Waals surface area contributed by atoms with Crippen molar-refractivity contribution in [3.8, 4) is 5.75 Å². The van der Waals surface area contributed by atoms with Crippen LogP contribution in [0.15, 0.2) is 34.2 Å². The summed E-state index contributed by atoms with van der Waals surface area (Å²) in [5.41, 5.74) is -0.805. The average molecular weight is 325 g/mol. The number of methoxy groups -OCH3 is 2. The van der Waals surface area contributed by atoms with Crippen molar-refractivity contribution in [2.45, 2.75) is 0 Å². The van der Waals surface area contributed by atoms with Crippen LogP contribution in [-0.2, 0) is 29.4 Å². The molecule has 0 unspecified atom stereocenters. The van der Waals surface area contributed by atoms with Gasteiger partial charge in [-0.2, -0.15) is 8.42 Å². The van der Waals surface area contributed by atoms with E-state index in [1.54, 1.807) is 12.1 Å². The number of hydrogen-bond donors (Lipinski definition) is 0. The van der Waals surface area contributed by atoms with Gasteiger partial charge in [0.2, 0.25) is 0 Å². The lowest BCUT2D eigenvalue weighted by Crippen LogP contribution is -2.27. The number of benzene rings is 1. The number of carbonyl (C=O) groups excluding carboxylic acids is 2. The van der Waals surface area contributed by atoms with Gasteiger partial charge in [0, 0.05) is 5.56 Å². The summed E-state index contributed by atoms with van der Waals surface area (Å²) in [5.74, 6) is -2.07. The van der Waals surface area contributed by atoms with Crippen LogP contribution in [0.25, 0.3) is 6.08 Å². The average Bonchev–Trinajstić information content (AvgIpc) is 2.48. The minimum absolute atomic E-state index is 0.0310. The highest BCUT2D eigenvalue weighted by Crippen LogP contribution is 2.26. The highest BCUT2D eigenvalue weighted by atomic mass is 32.2. The molecule has 116 valence electrons. The first-order valence-electron chi connectivity index (χ1n) is 5.90. The summed E-state index contributed by atoms with van der Waals surface area (Å²) in [4.78, 5) is 23.6. The Balaban J connectivity index is 2.77. The first kappa shape index (κ1) is 15.7. The quantitative estimate of drug-likeness (QED) is 0.728. The minimum Gasteiger partial charge on any atom is -0.465 e. The van der Waals surface area contributed by atoms with Gasteiger partial charge in [0.05, 0.1) is 19.8 Å². The molecule has 0 aliphatic carbocycles. The molecule has 1 aliphatic heterocycles. The van der Waals surface area contributed by atoms with Crippen molar-refractivity contribution < 1.29 is 31.7 Å². The Kier molecular flexibility index (Phi) is 4.27. The van der Waals surface area contributed by atoms with Crippen molar-refractivity contribution in [2.75, 3.05) is 14.2 Å². The Bertz CT molecular complexity index is 792. The zero-order valence-corrected chi connectivity index (χ0v) is 12.4. The number of esters is 2. The van der Waals surface area contributed by atoms with Gasteiger partial charge in [0.15, 0.2) is 11.5 Å². The molecular formula is C13H11NO7S. The highest BCUT2D eigenvalue weighted by Gasteiger charge is 2.30. The maximum atomic E-state index is 11.9. The van der Waals surface area contributed by atoms with Gasteiger partial charge in [0.25, 0.3) is 0 Å². The molecule has 0 saturated heterocycles. The third-order valence-corrected chi connectivity index (χ3v) is 3.45. The van der Waals surface area contributed by atoms with Crippen molar-refractivity contribution in [1.29, 1.82) is 0 Å². The predicted molar refractivity (Wildman–Crippen MR) is 75.4 cm³/mol. The van der Waals surface area contributed by atoms with E-state index in [1.165, 1.54) is 18.2 Å². The lowest BCUT2D eigenvalue weighted by Gasteiger charge is -2.13. The molecular weight excluding hydrogens is 314 g/mol. The first-order valence-corrected chi connectivity index (χ1v) is 7.26. The number of ether oxygens (including phenoxy) is 2. The molecule has 0 fully saturated rings. The van der Waals surface area contributed by atoms with Crippen LogP contribution in [0.2, 0.25) is 0 Å². The summed E-state index contributed by atoms with van der Waals surface area (Å²) in [7, 11) is -2.38. The summed E-state index contributed by atoms with van der Waals surface area (Å²) in [6, 6.07) is 6.05. The van der Waals surface area contributed by atoms with Gasteiger partial charge in [-0.1, -0.05) is 18.2 Å². The molecule has 22 heavy (non-hydrogen) atoms. The van der Waals surface area contributed by atoms with Crippen LogP contribution in [0.4, 0.5) is 0 Å². The third kappa shape index (κ3) is 3.14. The Morgan fingerprint density at radius 3 is 2.36 bits per heavy atom. The summed E-state index contributed by atoms with van der Waals surface area (Å²) in [5, 5.41) is 0. The molecule has 8 nitrogen and oxygen atoms in total. The fraction of sp³-hybridized carbons (Fsp3) is 0.154. The fourth-order valence-electron chi connectivity index (χ4n) is 1.70. The Morgan fingerprint density at radius 2 is 1.73 bits per heavy atom. The van der Waals surface area contributed by atoms with E-state index in [2.05, 4.69) is 13.9 Å². The Hall–Kier alpha value is -2.68. The number of carbonyl (C=O) groups is 2. The second kappa shape index (κ2) is 5.98. The number of hydrogen-bond acceptors (Lipinski definition) is 7. The van der Waals surface area contributed by atoms with E-state index in [4.69, 9.17) is 4.18 Å². The smallest absolute Gasteiger partial charge is 0.429 e. The molecule has 0 saturated carbocycles. The van der Waals surface area contributed by atoms with Gasteiger partial charge in [-0.3, -0.25) is 0 Å². The monoisotopic (exact) mass is 325 g/mol. The van der Waals surface area contributed by atoms with Crippen LogP contribution in [-0.4, -0.2) is 40.3 Å². The van der Waals surface area contributed by atoms with Crippen LogP contribution in [0.3, 0.4) is 0 Å². The molecule has 0 aromatic heterocycles. The SMILES string of the molecule is COC(=O)C1=C/c2ccccc2OS(=O)(=O)/N=C\1C(=O)OC. The van der Waals surface area contributed by atoms with E-state index < -0.39 is 28.0 Å². The van der Waals surface area contributed by atoms with Crippen LogP contribution in [0.5, 0.6) is 5.75 Å². The normalized spacial score (nSPS) is 20.6. The predicted octanol–water partition coefficient (Wildman–Crippen LogP) is 0.494. The molecule has 1 aromatic rings. The standard InChI is InChI=1S/C13H11NO7S/c1-19-12(15)9-7-8-5-3-4-6-10(8)21-22(17,18)14-11(9)13(16)20-2/h3-7H,1-2H3/b9-7+,14-11+. The minimum atomic E-state index is -4.50. The fourth-order valence-corrected chi connectivity index (χ4v) is 2.51. The number of nitrogens with zero attached hydrogens (tertiary/aromatic N) is 1. The molecule has 0 amide bonds. The van der Waals surface area contributed by atoms with Crippen molar-refractivity contribution >= 4 is 34.0 Å². The van der Waals surface area contributed by atoms with E-state index in [-0.39, 0.29) is 16.9 Å². The maximum Gasteiger partial charge on any atom is 0.429 e. The van der Waals surface area contributed by atoms with E-state index >= 15 is 0 Å². The lowest BCUT2D eigenvalue weighted by atomic mass is 10.1. The molecule has 0 spiro atoms. The lowest BCUT2D eigenvalue weighted by molar-refractivity contribution is -0.137. The van der Waals surface area contributed by atoms with Crippen molar-refractivity contribution in [3.63, 3.8) is 0 Å². The summed E-state index contributed by atoms with van der Waals surface area (Å²) in [6.07, 6.45) is 1.24. The van der Waals surface area contributed by atoms with Crippen molar-refractivity contribution in [3.05, 3.63) is 35.4 Å². The van der Waals surface area contributed by atoms with Gasteiger partial charge in [-0.25, -0.2) is 9.59 Å². The van der Waals surface area contributed by atoms with E-state index in [1.807, 2.05) is 0 Å². The molecule has 0 N–H and O–H groups in total. The van der Waals surface area contributed by atoms with Crippen molar-refractivity contribution in [1.82, 2.24) is 0 Å². The van der Waals surface area contributed by atoms with E-state index in [0.29, 0.717) is 0 Å². The molecule has 1 heterocycles. The third-order valence-electron chi connectivity index (χ3n) is 2.66. The number of rotatable bonds is 2. The van der Waals surface area contributed by atoms with Gasteiger partial charge in [-0.15, -0.1) is 4.40 Å². The van der Waals surface area contributed by atoms with Gasteiger partial charge < -0.3 is 13.7 Å². The molecule has 0 bridgehead atoms. The Morgan fingerprint density at radius 1 is 1.09 bits per heavy atom. The van der Waals surface area contributed by atoms with E-state index in [0.717, 1.165) is 14.2 Å². The zero-order chi connectivity index (χ0) is 16.3. The largest absolute Gasteiger partial charge is 0.465 e. The van der Waals surface area contributed by atoms with Gasteiger partial charge in [-0.05, 0) is 12.1 Å². The molecule has 0 radical (unpaired) electrons. The second-order valence-electron chi connectivity index (χ2n) is 4.03. The molecule has 1 aliphatic rings. The molecule has 0 atom stereocenters. The molecule has 1 aromatic carbocycles. The molecule has 2 rings (SSSR count). The zero-order valence-electron chi connectivity index (χ0n) is 11.6. The van der Waals surface area contributed by atoms with Crippen LogP contribution in [0.1, 0.15) is 5.56 Å². The van der Waals surface area contributed by atoms with Crippen LogP contribution >= 0.6 is 0 Å². The van der Waals surface area contributed by atoms with Crippen LogP contribution < -0.4 is 4.18 Å². The second-order valence-corrected chi connectivity index (χ2v) is 5.23. The van der Waals surface area contributed by atoms with Gasteiger partial charge >= 0.3 is 22.2 Å².